The van der Waals surface area contributed by atoms with Crippen LogP contribution in [0.4, 0.5) is 0 Å². The van der Waals surface area contributed by atoms with Crippen LogP contribution in [0, 0.1) is 0 Å². The zero-order valence-electron chi connectivity index (χ0n) is 51.4. The third-order valence-corrected chi connectivity index (χ3v) is 16.1. The molecule has 6 heteroatoms. The fourth-order valence-corrected chi connectivity index (χ4v) is 10.9. The number of unbranched alkanes of at least 4 members (excludes halogenated alkanes) is 54. The van der Waals surface area contributed by atoms with Crippen molar-refractivity contribution in [1.29, 1.82) is 0 Å². The first-order valence-electron chi connectivity index (χ1n) is 34.5. The minimum Gasteiger partial charge on any atom is -0.462 e. The lowest BCUT2D eigenvalue weighted by Crippen LogP contribution is -2.30. The van der Waals surface area contributed by atoms with Crippen LogP contribution in [0.5, 0.6) is 0 Å². The third-order valence-electron chi connectivity index (χ3n) is 16.1. The lowest BCUT2D eigenvalue weighted by molar-refractivity contribution is -0.167. The topological polar surface area (TPSA) is 78.9 Å². The number of carbonyl (C=O) groups excluding carboxylic acids is 3. The average molecular weight is 1060 g/mol. The van der Waals surface area contributed by atoms with E-state index in [1.54, 1.807) is 0 Å². The molecule has 1 atom stereocenters. The molecule has 0 N–H and O–H groups in total. The first kappa shape index (κ1) is 73.4. The molecular weight excluding hydrogens is 925 g/mol. The van der Waals surface area contributed by atoms with Gasteiger partial charge in [0.15, 0.2) is 6.10 Å². The van der Waals surface area contributed by atoms with E-state index in [0.717, 1.165) is 57.8 Å². The maximum absolute atomic E-state index is 12.9. The second-order valence-electron chi connectivity index (χ2n) is 23.8. The van der Waals surface area contributed by atoms with Gasteiger partial charge in [-0.2, -0.15) is 0 Å². The van der Waals surface area contributed by atoms with Crippen LogP contribution in [-0.2, 0) is 28.6 Å². The number of esters is 3. The minimum absolute atomic E-state index is 0.0617. The summed E-state index contributed by atoms with van der Waals surface area (Å²) in [5, 5.41) is 0. The van der Waals surface area contributed by atoms with E-state index in [0.29, 0.717) is 19.3 Å². The highest BCUT2D eigenvalue weighted by Crippen LogP contribution is 2.19. The number of hydrogen-bond donors (Lipinski definition) is 0. The zero-order chi connectivity index (χ0) is 54.3. The Morgan fingerprint density at radius 2 is 0.360 bits per heavy atom. The lowest BCUT2D eigenvalue weighted by atomic mass is 10.0. The predicted molar refractivity (Wildman–Crippen MR) is 326 cm³/mol. The maximum Gasteiger partial charge on any atom is 0.306 e. The lowest BCUT2D eigenvalue weighted by Gasteiger charge is -2.18. The molecular formula is C69H134O6. The van der Waals surface area contributed by atoms with Gasteiger partial charge in [0.1, 0.15) is 13.2 Å². The summed E-state index contributed by atoms with van der Waals surface area (Å²) in [6.45, 7) is 6.67. The SMILES string of the molecule is CCCCCCCCCCCCCCCCCCCCCCCCCCCCC(=O)OCC(COC(=O)CCCCCCCC)OC(=O)CCCCCCCCCCCCCCCCCCCCCCCCCCC. The van der Waals surface area contributed by atoms with E-state index in [1.165, 1.54) is 308 Å². The Morgan fingerprint density at radius 3 is 0.533 bits per heavy atom. The summed E-state index contributed by atoms with van der Waals surface area (Å²) >= 11 is 0. The summed E-state index contributed by atoms with van der Waals surface area (Å²) in [6, 6.07) is 0. The Hall–Kier alpha value is -1.59. The molecule has 0 saturated heterocycles. The summed E-state index contributed by atoms with van der Waals surface area (Å²) in [5.74, 6) is -0.838. The fourth-order valence-electron chi connectivity index (χ4n) is 10.9. The second kappa shape index (κ2) is 64.9. The molecule has 0 saturated carbocycles. The average Bonchev–Trinajstić information content (AvgIpc) is 3.41. The van der Waals surface area contributed by atoms with Crippen LogP contribution in [0.2, 0.25) is 0 Å². The van der Waals surface area contributed by atoms with Crippen molar-refractivity contribution in [3.05, 3.63) is 0 Å². The van der Waals surface area contributed by atoms with E-state index in [4.69, 9.17) is 14.2 Å². The molecule has 0 radical (unpaired) electrons. The van der Waals surface area contributed by atoms with Gasteiger partial charge in [-0.3, -0.25) is 14.4 Å². The Balaban J connectivity index is 3.96. The molecule has 0 bridgehead atoms. The van der Waals surface area contributed by atoms with Crippen molar-refractivity contribution in [3.8, 4) is 0 Å². The van der Waals surface area contributed by atoms with Crippen LogP contribution >= 0.6 is 0 Å². The molecule has 0 amide bonds. The summed E-state index contributed by atoms with van der Waals surface area (Å²) in [4.78, 5) is 38.1. The van der Waals surface area contributed by atoms with E-state index < -0.39 is 6.10 Å². The van der Waals surface area contributed by atoms with Gasteiger partial charge in [0.25, 0.3) is 0 Å². The van der Waals surface area contributed by atoms with Crippen LogP contribution in [0.25, 0.3) is 0 Å². The monoisotopic (exact) mass is 1060 g/mol. The van der Waals surface area contributed by atoms with E-state index in [1.807, 2.05) is 0 Å². The van der Waals surface area contributed by atoms with Crippen LogP contribution in [0.1, 0.15) is 406 Å². The van der Waals surface area contributed by atoms with Crippen molar-refractivity contribution in [2.75, 3.05) is 13.2 Å². The fraction of sp³-hybridized carbons (Fsp3) is 0.957. The van der Waals surface area contributed by atoms with E-state index >= 15 is 0 Å². The van der Waals surface area contributed by atoms with Gasteiger partial charge in [-0.05, 0) is 19.3 Å². The molecule has 0 aromatic carbocycles. The Kier molecular flexibility index (Phi) is 63.6. The van der Waals surface area contributed by atoms with E-state index in [-0.39, 0.29) is 31.1 Å². The van der Waals surface area contributed by atoms with Gasteiger partial charge in [0.05, 0.1) is 0 Å². The number of hydrogen-bond acceptors (Lipinski definition) is 6. The molecule has 0 aliphatic carbocycles. The summed E-state index contributed by atoms with van der Waals surface area (Å²) < 4.78 is 16.9. The molecule has 0 rings (SSSR count). The first-order chi connectivity index (χ1) is 37.0. The van der Waals surface area contributed by atoms with Gasteiger partial charge < -0.3 is 14.2 Å². The standard InChI is InChI=1S/C69H134O6/c1-4-7-10-13-16-18-20-22-24-26-28-30-32-34-36-37-39-41-43-45-47-49-51-53-56-59-62-68(71)74-65-66(64-73-67(70)61-58-55-15-12-9-6-3)75-69(72)63-60-57-54-52-50-48-46-44-42-40-38-35-33-31-29-27-25-23-21-19-17-14-11-8-5-2/h66H,4-65H2,1-3H3. The molecule has 1 unspecified atom stereocenters. The summed E-state index contributed by atoms with van der Waals surface area (Å²) in [6.07, 6.45) is 76.1. The van der Waals surface area contributed by atoms with Crippen molar-refractivity contribution in [2.24, 2.45) is 0 Å². The summed E-state index contributed by atoms with van der Waals surface area (Å²) in [5.41, 5.74) is 0. The van der Waals surface area contributed by atoms with E-state index in [9.17, 15) is 14.4 Å². The van der Waals surface area contributed by atoms with Gasteiger partial charge in [-0.1, -0.05) is 367 Å². The highest BCUT2D eigenvalue weighted by molar-refractivity contribution is 5.71. The van der Waals surface area contributed by atoms with Crippen molar-refractivity contribution in [2.45, 2.75) is 412 Å². The van der Waals surface area contributed by atoms with Crippen molar-refractivity contribution in [1.82, 2.24) is 0 Å². The quantitative estimate of drug-likeness (QED) is 0.0343. The Morgan fingerprint density at radius 1 is 0.213 bits per heavy atom. The molecule has 0 aromatic heterocycles. The summed E-state index contributed by atoms with van der Waals surface area (Å²) in [7, 11) is 0. The van der Waals surface area contributed by atoms with Gasteiger partial charge in [0, 0.05) is 19.3 Å². The molecule has 0 fully saturated rings. The molecule has 0 spiro atoms. The number of rotatable bonds is 65. The van der Waals surface area contributed by atoms with Crippen LogP contribution in [0.15, 0.2) is 0 Å². The molecule has 0 aliphatic rings. The van der Waals surface area contributed by atoms with E-state index in [2.05, 4.69) is 20.8 Å². The van der Waals surface area contributed by atoms with Gasteiger partial charge in [-0.15, -0.1) is 0 Å². The first-order valence-corrected chi connectivity index (χ1v) is 34.5. The minimum atomic E-state index is -0.761. The normalized spacial score (nSPS) is 11.9. The second-order valence-corrected chi connectivity index (χ2v) is 23.8. The zero-order valence-corrected chi connectivity index (χ0v) is 51.4. The van der Waals surface area contributed by atoms with Crippen molar-refractivity contribution < 1.29 is 28.6 Å². The molecule has 6 nitrogen and oxygen atoms in total. The Bertz CT molecular complexity index is 1120. The maximum atomic E-state index is 12.9. The van der Waals surface area contributed by atoms with Crippen molar-refractivity contribution in [3.63, 3.8) is 0 Å². The number of ether oxygens (including phenoxy) is 3. The highest BCUT2D eigenvalue weighted by atomic mass is 16.6. The van der Waals surface area contributed by atoms with Crippen LogP contribution in [-0.4, -0.2) is 37.2 Å². The Labute approximate surface area is 469 Å². The van der Waals surface area contributed by atoms with Gasteiger partial charge in [0.2, 0.25) is 0 Å². The molecule has 0 aliphatic heterocycles. The third kappa shape index (κ3) is 63.1. The molecule has 75 heavy (non-hydrogen) atoms. The molecule has 0 heterocycles. The molecule has 0 aromatic rings. The smallest absolute Gasteiger partial charge is 0.306 e. The van der Waals surface area contributed by atoms with Crippen LogP contribution < -0.4 is 0 Å². The van der Waals surface area contributed by atoms with Crippen molar-refractivity contribution >= 4 is 17.9 Å². The molecule has 446 valence electrons. The predicted octanol–water partition coefficient (Wildman–Crippen LogP) is 23.5. The number of carbonyl (C=O) groups is 3. The largest absolute Gasteiger partial charge is 0.462 e. The van der Waals surface area contributed by atoms with Crippen LogP contribution in [0.3, 0.4) is 0 Å². The highest BCUT2D eigenvalue weighted by Gasteiger charge is 2.19. The van der Waals surface area contributed by atoms with Gasteiger partial charge in [-0.25, -0.2) is 0 Å². The van der Waals surface area contributed by atoms with Gasteiger partial charge >= 0.3 is 17.9 Å².